The molecule has 14 heavy (non-hydrogen) atoms. The first-order valence-corrected chi connectivity index (χ1v) is 5.75. The number of carboxylic acids is 1. The molecule has 0 amide bonds. The second kappa shape index (κ2) is 6.05. The average molecular weight is 200 g/mol. The molecule has 1 unspecified atom stereocenters. The van der Waals surface area contributed by atoms with Crippen LogP contribution in [0.15, 0.2) is 0 Å². The first-order valence-electron chi connectivity index (χ1n) is 5.75. The molecule has 0 aliphatic carbocycles. The van der Waals surface area contributed by atoms with E-state index in [1.165, 1.54) is 0 Å². The molecular weight excluding hydrogens is 176 g/mol. The topological polar surface area (TPSA) is 37.3 Å². The fourth-order valence-corrected chi connectivity index (χ4v) is 2.19. The zero-order chi connectivity index (χ0) is 11.2. The van der Waals surface area contributed by atoms with Crippen molar-refractivity contribution in [1.82, 2.24) is 0 Å². The minimum absolute atomic E-state index is 0.478. The summed E-state index contributed by atoms with van der Waals surface area (Å²) in [5.74, 6) is -0.0959. The number of rotatable bonds is 7. The minimum Gasteiger partial charge on any atom is -0.481 e. The molecule has 0 bridgehead atoms. The second-order valence-corrected chi connectivity index (χ2v) is 4.39. The van der Waals surface area contributed by atoms with Gasteiger partial charge in [0.15, 0.2) is 0 Å². The molecule has 0 rings (SSSR count). The van der Waals surface area contributed by atoms with Crippen molar-refractivity contribution in [2.45, 2.75) is 59.8 Å². The Balaban J connectivity index is 4.42. The van der Waals surface area contributed by atoms with E-state index in [2.05, 4.69) is 13.8 Å². The van der Waals surface area contributed by atoms with E-state index in [9.17, 15) is 9.90 Å². The number of hydrogen-bond donors (Lipinski definition) is 1. The molecule has 0 heterocycles. The van der Waals surface area contributed by atoms with E-state index in [0.29, 0.717) is 5.92 Å². The van der Waals surface area contributed by atoms with E-state index in [1.54, 1.807) is 0 Å². The quantitative estimate of drug-likeness (QED) is 0.680. The third kappa shape index (κ3) is 3.32. The number of hydrogen-bond acceptors (Lipinski definition) is 1. The van der Waals surface area contributed by atoms with E-state index < -0.39 is 11.4 Å². The number of aliphatic carboxylic acids is 1. The Kier molecular flexibility index (Phi) is 5.82. The molecule has 0 saturated heterocycles. The van der Waals surface area contributed by atoms with Crippen LogP contribution in [0.3, 0.4) is 0 Å². The van der Waals surface area contributed by atoms with Crippen molar-refractivity contribution in [2.75, 3.05) is 0 Å². The third-order valence-corrected chi connectivity index (χ3v) is 3.33. The zero-order valence-corrected chi connectivity index (χ0v) is 9.97. The van der Waals surface area contributed by atoms with E-state index in [4.69, 9.17) is 0 Å². The standard InChI is InChI=1S/C12H24O2/c1-5-8-10(4)9-12(6-2,7-3)11(13)14/h10H,5-9H2,1-4H3,(H,13,14). The van der Waals surface area contributed by atoms with E-state index in [1.807, 2.05) is 13.8 Å². The summed E-state index contributed by atoms with van der Waals surface area (Å²) in [6.45, 7) is 8.27. The molecule has 84 valence electrons. The predicted molar refractivity (Wildman–Crippen MR) is 59.3 cm³/mol. The molecule has 0 fully saturated rings. The molecule has 0 radical (unpaired) electrons. The van der Waals surface area contributed by atoms with Crippen LogP contribution in [0.4, 0.5) is 0 Å². The van der Waals surface area contributed by atoms with Crippen molar-refractivity contribution >= 4 is 5.97 Å². The molecule has 0 spiro atoms. The summed E-state index contributed by atoms with van der Waals surface area (Å²) >= 11 is 0. The van der Waals surface area contributed by atoms with Crippen molar-refractivity contribution < 1.29 is 9.90 Å². The fraction of sp³-hybridized carbons (Fsp3) is 0.917. The van der Waals surface area contributed by atoms with Crippen LogP contribution < -0.4 is 0 Å². The highest BCUT2D eigenvalue weighted by atomic mass is 16.4. The third-order valence-electron chi connectivity index (χ3n) is 3.33. The largest absolute Gasteiger partial charge is 0.481 e. The normalized spacial score (nSPS) is 14.0. The van der Waals surface area contributed by atoms with Gasteiger partial charge in [0.25, 0.3) is 0 Å². The SMILES string of the molecule is CCCC(C)CC(CC)(CC)C(=O)O. The molecule has 0 aliphatic rings. The Morgan fingerprint density at radius 3 is 2.07 bits per heavy atom. The minimum atomic E-state index is -0.620. The summed E-state index contributed by atoms with van der Waals surface area (Å²) in [6.07, 6.45) is 4.59. The molecule has 1 N–H and O–H groups in total. The summed E-state index contributed by atoms with van der Waals surface area (Å²) in [4.78, 5) is 11.2. The first-order chi connectivity index (χ1) is 6.52. The summed E-state index contributed by atoms with van der Waals surface area (Å²) < 4.78 is 0. The Labute approximate surface area is 87.7 Å². The van der Waals surface area contributed by atoms with Crippen molar-refractivity contribution in [2.24, 2.45) is 11.3 Å². The van der Waals surface area contributed by atoms with Crippen LogP contribution >= 0.6 is 0 Å². The Morgan fingerprint density at radius 2 is 1.79 bits per heavy atom. The highest BCUT2D eigenvalue weighted by Gasteiger charge is 2.35. The van der Waals surface area contributed by atoms with Crippen LogP contribution in [-0.4, -0.2) is 11.1 Å². The zero-order valence-electron chi connectivity index (χ0n) is 9.97. The van der Waals surface area contributed by atoms with Gasteiger partial charge in [-0.3, -0.25) is 4.79 Å². The van der Waals surface area contributed by atoms with Gasteiger partial charge >= 0.3 is 5.97 Å². The molecule has 1 atom stereocenters. The summed E-state index contributed by atoms with van der Waals surface area (Å²) in [6, 6.07) is 0. The molecule has 0 aromatic rings. The molecule has 0 aromatic carbocycles. The Bertz CT molecular complexity index is 171. The van der Waals surface area contributed by atoms with Gasteiger partial charge in [-0.2, -0.15) is 0 Å². The molecule has 2 nitrogen and oxygen atoms in total. The maximum Gasteiger partial charge on any atom is 0.309 e. The summed E-state index contributed by atoms with van der Waals surface area (Å²) in [7, 11) is 0. The lowest BCUT2D eigenvalue weighted by Crippen LogP contribution is -2.31. The Morgan fingerprint density at radius 1 is 1.29 bits per heavy atom. The van der Waals surface area contributed by atoms with Gasteiger partial charge < -0.3 is 5.11 Å². The second-order valence-electron chi connectivity index (χ2n) is 4.39. The summed E-state index contributed by atoms with van der Waals surface area (Å²) in [5.41, 5.74) is -0.478. The van der Waals surface area contributed by atoms with Gasteiger partial charge in [0.2, 0.25) is 0 Å². The van der Waals surface area contributed by atoms with E-state index in [0.717, 1.165) is 32.1 Å². The van der Waals surface area contributed by atoms with Gasteiger partial charge in [0, 0.05) is 0 Å². The molecule has 2 heteroatoms. The van der Waals surface area contributed by atoms with Crippen LogP contribution in [0.2, 0.25) is 0 Å². The highest BCUT2D eigenvalue weighted by Crippen LogP contribution is 2.35. The first kappa shape index (κ1) is 13.5. The van der Waals surface area contributed by atoms with Gasteiger partial charge in [-0.05, 0) is 25.2 Å². The number of carboxylic acid groups (broad SMARTS) is 1. The average Bonchev–Trinajstić information content (AvgIpc) is 2.14. The van der Waals surface area contributed by atoms with Gasteiger partial charge in [-0.25, -0.2) is 0 Å². The molecule has 0 aromatic heterocycles. The predicted octanol–water partition coefficient (Wildman–Crippen LogP) is 3.70. The number of carbonyl (C=O) groups is 1. The maximum absolute atomic E-state index is 11.2. The lowest BCUT2D eigenvalue weighted by Gasteiger charge is -2.29. The van der Waals surface area contributed by atoms with Crippen LogP contribution in [0.5, 0.6) is 0 Å². The van der Waals surface area contributed by atoms with Crippen molar-refractivity contribution in [1.29, 1.82) is 0 Å². The highest BCUT2D eigenvalue weighted by molar-refractivity contribution is 5.74. The maximum atomic E-state index is 11.2. The van der Waals surface area contributed by atoms with Gasteiger partial charge in [0.1, 0.15) is 0 Å². The van der Waals surface area contributed by atoms with Crippen LogP contribution in [0.1, 0.15) is 59.8 Å². The lowest BCUT2D eigenvalue weighted by atomic mass is 9.74. The Hall–Kier alpha value is -0.530. The molecule has 0 saturated carbocycles. The smallest absolute Gasteiger partial charge is 0.309 e. The van der Waals surface area contributed by atoms with Crippen LogP contribution in [0, 0.1) is 11.3 Å². The van der Waals surface area contributed by atoms with Crippen molar-refractivity contribution in [3.8, 4) is 0 Å². The van der Waals surface area contributed by atoms with E-state index >= 15 is 0 Å². The lowest BCUT2D eigenvalue weighted by molar-refractivity contribution is -0.150. The van der Waals surface area contributed by atoms with Gasteiger partial charge in [0.05, 0.1) is 5.41 Å². The fourth-order valence-electron chi connectivity index (χ4n) is 2.19. The van der Waals surface area contributed by atoms with Gasteiger partial charge in [-0.15, -0.1) is 0 Å². The monoisotopic (exact) mass is 200 g/mol. The molecule has 0 aliphatic heterocycles. The van der Waals surface area contributed by atoms with Crippen LogP contribution in [-0.2, 0) is 4.79 Å². The van der Waals surface area contributed by atoms with Gasteiger partial charge in [-0.1, -0.05) is 40.5 Å². The van der Waals surface area contributed by atoms with Crippen molar-refractivity contribution in [3.63, 3.8) is 0 Å². The van der Waals surface area contributed by atoms with E-state index in [-0.39, 0.29) is 0 Å². The molecular formula is C12H24O2. The summed E-state index contributed by atoms with van der Waals surface area (Å²) in [5, 5.41) is 9.24. The van der Waals surface area contributed by atoms with Crippen LogP contribution in [0.25, 0.3) is 0 Å². The van der Waals surface area contributed by atoms with Crippen molar-refractivity contribution in [3.05, 3.63) is 0 Å².